The van der Waals surface area contributed by atoms with Gasteiger partial charge in [0, 0.05) is 18.7 Å². The van der Waals surface area contributed by atoms with Gasteiger partial charge in [-0.3, -0.25) is 9.78 Å². The third-order valence-corrected chi connectivity index (χ3v) is 7.59. The molecule has 1 aromatic heterocycles. The summed E-state index contributed by atoms with van der Waals surface area (Å²) in [6, 6.07) is 6.71. The molecule has 13 heteroatoms. The van der Waals surface area contributed by atoms with Gasteiger partial charge in [-0.15, -0.1) is 0 Å². The smallest absolute Gasteiger partial charge is 0.350 e. The third-order valence-electron chi connectivity index (χ3n) is 5.71. The standard InChI is InChI=1S/C24H19F5N4O3S/c1-14-8-9-33(37(35,36)17-5-3-16(25)4-6-17)22(14)23(34)32-11-15-2-7-19(26)18(10-15)20-12-31-21(13-30-20)24(27,28)29/h2-7,10,12-13,22H,1,8-9,11H2,(H,32,34). The van der Waals surface area contributed by atoms with Crippen LogP contribution in [0.5, 0.6) is 0 Å². The van der Waals surface area contributed by atoms with Crippen LogP contribution in [-0.4, -0.2) is 41.2 Å². The van der Waals surface area contributed by atoms with Crippen molar-refractivity contribution >= 4 is 15.9 Å². The average Bonchev–Trinajstić information content (AvgIpc) is 3.25. The molecule has 0 aliphatic carbocycles. The van der Waals surface area contributed by atoms with Gasteiger partial charge in [0.2, 0.25) is 15.9 Å². The van der Waals surface area contributed by atoms with Crippen LogP contribution in [0, 0.1) is 11.6 Å². The molecule has 194 valence electrons. The molecule has 0 radical (unpaired) electrons. The van der Waals surface area contributed by atoms with Gasteiger partial charge in [-0.05, 0) is 54.0 Å². The summed E-state index contributed by atoms with van der Waals surface area (Å²) in [5.74, 6) is -2.04. The van der Waals surface area contributed by atoms with Crippen molar-refractivity contribution in [3.8, 4) is 11.3 Å². The Kier molecular flexibility index (Phi) is 7.11. The molecule has 7 nitrogen and oxygen atoms in total. The molecule has 1 atom stereocenters. The second kappa shape index (κ2) is 9.98. The van der Waals surface area contributed by atoms with E-state index in [1.54, 1.807) is 0 Å². The maximum Gasteiger partial charge on any atom is 0.434 e. The average molecular weight is 538 g/mol. The Morgan fingerprint density at radius 2 is 1.78 bits per heavy atom. The molecule has 0 bridgehead atoms. The Morgan fingerprint density at radius 3 is 2.41 bits per heavy atom. The molecule has 2 aromatic carbocycles. The number of rotatable bonds is 6. The van der Waals surface area contributed by atoms with E-state index in [-0.39, 0.29) is 35.7 Å². The lowest BCUT2D eigenvalue weighted by molar-refractivity contribution is -0.141. The van der Waals surface area contributed by atoms with Gasteiger partial charge >= 0.3 is 6.18 Å². The fourth-order valence-corrected chi connectivity index (χ4v) is 5.42. The van der Waals surface area contributed by atoms with E-state index in [4.69, 9.17) is 0 Å². The predicted molar refractivity (Wildman–Crippen MR) is 122 cm³/mol. The molecule has 1 amide bonds. The second-order valence-electron chi connectivity index (χ2n) is 8.20. The van der Waals surface area contributed by atoms with Crippen molar-refractivity contribution in [1.29, 1.82) is 0 Å². The number of carbonyl (C=O) groups excluding carboxylic acids is 1. The molecule has 0 saturated carbocycles. The maximum absolute atomic E-state index is 14.4. The lowest BCUT2D eigenvalue weighted by atomic mass is 10.1. The number of aromatic nitrogens is 2. The van der Waals surface area contributed by atoms with Crippen LogP contribution in [0.4, 0.5) is 22.0 Å². The number of hydrogen-bond acceptors (Lipinski definition) is 5. The van der Waals surface area contributed by atoms with Crippen molar-refractivity contribution in [3.05, 3.63) is 89.9 Å². The number of hydrogen-bond donors (Lipinski definition) is 1. The highest BCUT2D eigenvalue weighted by Gasteiger charge is 2.41. The molecule has 1 saturated heterocycles. The summed E-state index contributed by atoms with van der Waals surface area (Å²) in [6.07, 6.45) is -3.17. The van der Waals surface area contributed by atoms with E-state index in [2.05, 4.69) is 21.9 Å². The molecule has 4 rings (SSSR count). The van der Waals surface area contributed by atoms with Crippen LogP contribution >= 0.6 is 0 Å². The molecule has 0 spiro atoms. The van der Waals surface area contributed by atoms with Gasteiger partial charge in [0.15, 0.2) is 5.69 Å². The van der Waals surface area contributed by atoms with Gasteiger partial charge in [-0.25, -0.2) is 22.2 Å². The zero-order valence-corrected chi connectivity index (χ0v) is 19.8. The zero-order chi connectivity index (χ0) is 27.0. The van der Waals surface area contributed by atoms with Crippen LogP contribution in [-0.2, 0) is 27.5 Å². The Balaban J connectivity index is 1.51. The molecule has 1 unspecified atom stereocenters. The first-order valence-corrected chi connectivity index (χ1v) is 12.2. The first-order chi connectivity index (χ1) is 17.4. The lowest BCUT2D eigenvalue weighted by Gasteiger charge is -2.24. The molecule has 1 aliphatic rings. The van der Waals surface area contributed by atoms with E-state index in [0.29, 0.717) is 17.3 Å². The maximum atomic E-state index is 14.4. The second-order valence-corrected chi connectivity index (χ2v) is 10.1. The molecule has 2 heterocycles. The predicted octanol–water partition coefficient (Wildman–Crippen LogP) is 4.08. The number of nitrogens with one attached hydrogen (secondary N) is 1. The minimum Gasteiger partial charge on any atom is -0.350 e. The molecule has 1 aliphatic heterocycles. The lowest BCUT2D eigenvalue weighted by Crippen LogP contribution is -2.46. The Hall–Kier alpha value is -3.71. The first-order valence-electron chi connectivity index (χ1n) is 10.8. The number of carbonyl (C=O) groups is 1. The normalized spacial score (nSPS) is 16.7. The topological polar surface area (TPSA) is 92.3 Å². The van der Waals surface area contributed by atoms with E-state index in [0.717, 1.165) is 40.8 Å². The van der Waals surface area contributed by atoms with E-state index in [9.17, 15) is 35.2 Å². The van der Waals surface area contributed by atoms with Crippen molar-refractivity contribution in [2.24, 2.45) is 0 Å². The number of amides is 1. The first kappa shape index (κ1) is 26.4. The molecule has 1 N–H and O–H groups in total. The summed E-state index contributed by atoms with van der Waals surface area (Å²) >= 11 is 0. The summed E-state index contributed by atoms with van der Waals surface area (Å²) in [7, 11) is -4.13. The van der Waals surface area contributed by atoms with Gasteiger partial charge in [0.1, 0.15) is 17.7 Å². The van der Waals surface area contributed by atoms with Crippen LogP contribution < -0.4 is 5.32 Å². The van der Waals surface area contributed by atoms with Gasteiger partial charge < -0.3 is 5.32 Å². The number of nitrogens with zero attached hydrogens (tertiary/aromatic N) is 3. The van der Waals surface area contributed by atoms with Crippen LogP contribution in [0.3, 0.4) is 0 Å². The van der Waals surface area contributed by atoms with E-state index < -0.39 is 45.5 Å². The van der Waals surface area contributed by atoms with Crippen molar-refractivity contribution in [2.45, 2.75) is 30.1 Å². The quantitative estimate of drug-likeness (QED) is 0.377. The summed E-state index contributed by atoms with van der Waals surface area (Å²) in [5, 5.41) is 2.59. The zero-order valence-electron chi connectivity index (χ0n) is 19.0. The number of alkyl halides is 3. The summed E-state index contributed by atoms with van der Waals surface area (Å²) in [6.45, 7) is 3.66. The highest BCUT2D eigenvalue weighted by molar-refractivity contribution is 7.89. The number of halogens is 5. The Morgan fingerprint density at radius 1 is 1.08 bits per heavy atom. The van der Waals surface area contributed by atoms with Crippen LogP contribution in [0.1, 0.15) is 17.7 Å². The minimum atomic E-state index is -4.70. The highest BCUT2D eigenvalue weighted by Crippen LogP contribution is 2.30. The van der Waals surface area contributed by atoms with Gasteiger partial charge in [-0.1, -0.05) is 12.6 Å². The molecule has 37 heavy (non-hydrogen) atoms. The van der Waals surface area contributed by atoms with E-state index in [1.165, 1.54) is 12.1 Å². The molecule has 3 aromatic rings. The van der Waals surface area contributed by atoms with Crippen LogP contribution in [0.15, 0.2) is 71.9 Å². The largest absolute Gasteiger partial charge is 0.434 e. The van der Waals surface area contributed by atoms with E-state index in [1.807, 2.05) is 0 Å². The summed E-state index contributed by atoms with van der Waals surface area (Å²) < 4.78 is 92.9. The summed E-state index contributed by atoms with van der Waals surface area (Å²) in [4.78, 5) is 19.7. The van der Waals surface area contributed by atoms with Crippen molar-refractivity contribution in [1.82, 2.24) is 19.6 Å². The monoisotopic (exact) mass is 538 g/mol. The van der Waals surface area contributed by atoms with Crippen molar-refractivity contribution in [2.75, 3.05) is 6.54 Å². The Bertz CT molecular complexity index is 1440. The third kappa shape index (κ3) is 5.52. The molecular formula is C24H19F5N4O3S. The Labute approximate surface area is 208 Å². The van der Waals surface area contributed by atoms with Gasteiger partial charge in [0.05, 0.1) is 23.0 Å². The van der Waals surface area contributed by atoms with Gasteiger partial charge in [0.25, 0.3) is 0 Å². The van der Waals surface area contributed by atoms with E-state index >= 15 is 0 Å². The summed E-state index contributed by atoms with van der Waals surface area (Å²) in [5.41, 5.74) is -0.749. The molecular weight excluding hydrogens is 519 g/mol. The number of sulfonamides is 1. The molecule has 1 fully saturated rings. The van der Waals surface area contributed by atoms with Crippen LogP contribution in [0.2, 0.25) is 0 Å². The SMILES string of the molecule is C=C1CCN(S(=O)(=O)c2ccc(F)cc2)C1C(=O)NCc1ccc(F)c(-c2cnc(C(F)(F)F)cn2)c1. The van der Waals surface area contributed by atoms with Crippen molar-refractivity contribution in [3.63, 3.8) is 0 Å². The number of benzene rings is 2. The fraction of sp³-hybridized carbons (Fsp3) is 0.208. The minimum absolute atomic E-state index is 0.00389. The fourth-order valence-electron chi connectivity index (χ4n) is 3.82. The van der Waals surface area contributed by atoms with Gasteiger partial charge in [-0.2, -0.15) is 17.5 Å². The van der Waals surface area contributed by atoms with Crippen LogP contribution in [0.25, 0.3) is 11.3 Å². The highest BCUT2D eigenvalue weighted by atomic mass is 32.2. The van der Waals surface area contributed by atoms with Crippen molar-refractivity contribution < 1.29 is 35.2 Å².